The third kappa shape index (κ3) is 2.57. The molecule has 0 amide bonds. The van der Waals surface area contributed by atoms with Gasteiger partial charge in [-0.25, -0.2) is 9.97 Å². The monoisotopic (exact) mass is 242 g/mol. The lowest BCUT2D eigenvalue weighted by molar-refractivity contribution is 0.216. The zero-order chi connectivity index (χ0) is 13.2. The van der Waals surface area contributed by atoms with Crippen LogP contribution in [0.2, 0.25) is 0 Å². The smallest absolute Gasteiger partial charge is 0.115 e. The van der Waals surface area contributed by atoms with Crippen LogP contribution >= 0.6 is 0 Å². The fourth-order valence-corrected chi connectivity index (χ4v) is 2.05. The SMILES string of the molecule is CC(C)(C)c1ccccc1C(O)c1cncnc1. The zero-order valence-corrected chi connectivity index (χ0v) is 11.0. The van der Waals surface area contributed by atoms with Gasteiger partial charge >= 0.3 is 0 Å². The Hall–Kier alpha value is -1.74. The summed E-state index contributed by atoms with van der Waals surface area (Å²) in [6, 6.07) is 7.95. The highest BCUT2D eigenvalue weighted by Crippen LogP contribution is 2.31. The molecule has 0 aliphatic rings. The van der Waals surface area contributed by atoms with Crippen LogP contribution in [-0.2, 0) is 5.41 Å². The van der Waals surface area contributed by atoms with Crippen molar-refractivity contribution in [2.45, 2.75) is 32.3 Å². The van der Waals surface area contributed by atoms with Gasteiger partial charge in [0.05, 0.1) is 0 Å². The summed E-state index contributed by atoms with van der Waals surface area (Å²) in [7, 11) is 0. The molecule has 0 spiro atoms. The molecule has 1 aromatic heterocycles. The maximum Gasteiger partial charge on any atom is 0.115 e. The number of benzene rings is 1. The summed E-state index contributed by atoms with van der Waals surface area (Å²) >= 11 is 0. The van der Waals surface area contributed by atoms with Crippen molar-refractivity contribution in [3.8, 4) is 0 Å². The molecule has 1 N–H and O–H groups in total. The highest BCUT2D eigenvalue weighted by molar-refractivity contribution is 5.38. The molecule has 2 rings (SSSR count). The lowest BCUT2D eigenvalue weighted by atomic mass is 9.81. The van der Waals surface area contributed by atoms with Gasteiger partial charge in [-0.1, -0.05) is 45.0 Å². The predicted molar refractivity (Wildman–Crippen MR) is 71.2 cm³/mol. The van der Waals surface area contributed by atoms with Crippen LogP contribution in [0.3, 0.4) is 0 Å². The van der Waals surface area contributed by atoms with Crippen LogP contribution in [0.5, 0.6) is 0 Å². The van der Waals surface area contributed by atoms with Crippen LogP contribution in [0.1, 0.15) is 43.6 Å². The summed E-state index contributed by atoms with van der Waals surface area (Å²) in [4.78, 5) is 7.90. The second-order valence-corrected chi connectivity index (χ2v) is 5.41. The van der Waals surface area contributed by atoms with E-state index >= 15 is 0 Å². The van der Waals surface area contributed by atoms with Gasteiger partial charge in [-0.15, -0.1) is 0 Å². The Morgan fingerprint density at radius 3 is 2.28 bits per heavy atom. The van der Waals surface area contributed by atoms with Crippen molar-refractivity contribution in [2.24, 2.45) is 0 Å². The van der Waals surface area contributed by atoms with Crippen molar-refractivity contribution < 1.29 is 5.11 Å². The topological polar surface area (TPSA) is 46.0 Å². The molecule has 0 saturated carbocycles. The van der Waals surface area contributed by atoms with E-state index in [2.05, 4.69) is 36.8 Å². The molecule has 1 unspecified atom stereocenters. The highest BCUT2D eigenvalue weighted by atomic mass is 16.3. The molecular formula is C15H18N2O. The fourth-order valence-electron chi connectivity index (χ4n) is 2.05. The average Bonchev–Trinajstić information content (AvgIpc) is 2.38. The second-order valence-electron chi connectivity index (χ2n) is 5.41. The van der Waals surface area contributed by atoms with Crippen molar-refractivity contribution in [2.75, 3.05) is 0 Å². The Morgan fingerprint density at radius 1 is 1.06 bits per heavy atom. The van der Waals surface area contributed by atoms with Crippen molar-refractivity contribution in [3.63, 3.8) is 0 Å². The van der Waals surface area contributed by atoms with E-state index in [0.29, 0.717) is 5.56 Å². The van der Waals surface area contributed by atoms with Gasteiger partial charge in [0.25, 0.3) is 0 Å². The first-order valence-corrected chi connectivity index (χ1v) is 6.02. The molecule has 3 heteroatoms. The molecule has 94 valence electrons. The number of rotatable bonds is 2. The van der Waals surface area contributed by atoms with Gasteiger partial charge in [0.1, 0.15) is 12.4 Å². The molecule has 0 aliphatic heterocycles. The summed E-state index contributed by atoms with van der Waals surface area (Å²) in [5, 5.41) is 10.5. The van der Waals surface area contributed by atoms with Crippen molar-refractivity contribution in [1.29, 1.82) is 0 Å². The van der Waals surface area contributed by atoms with Crippen LogP contribution in [0, 0.1) is 0 Å². The fraction of sp³-hybridized carbons (Fsp3) is 0.333. The summed E-state index contributed by atoms with van der Waals surface area (Å²) in [5.74, 6) is 0. The molecule has 0 bridgehead atoms. The first kappa shape index (κ1) is 12.7. The van der Waals surface area contributed by atoms with Crippen LogP contribution in [0.25, 0.3) is 0 Å². The third-order valence-electron chi connectivity index (χ3n) is 2.96. The molecule has 1 aromatic carbocycles. The molecule has 0 fully saturated rings. The minimum atomic E-state index is -0.679. The van der Waals surface area contributed by atoms with Crippen molar-refractivity contribution >= 4 is 0 Å². The highest BCUT2D eigenvalue weighted by Gasteiger charge is 2.22. The van der Waals surface area contributed by atoms with E-state index in [-0.39, 0.29) is 5.41 Å². The van der Waals surface area contributed by atoms with E-state index in [4.69, 9.17) is 0 Å². The molecule has 0 radical (unpaired) electrons. The molecule has 0 aliphatic carbocycles. The molecular weight excluding hydrogens is 224 g/mol. The summed E-state index contributed by atoms with van der Waals surface area (Å²) < 4.78 is 0. The van der Waals surface area contributed by atoms with Gasteiger partial charge in [0, 0.05) is 18.0 Å². The number of aliphatic hydroxyl groups is 1. The minimum absolute atomic E-state index is 0.00674. The predicted octanol–water partition coefficient (Wildman–Crippen LogP) is 2.86. The van der Waals surface area contributed by atoms with E-state index < -0.39 is 6.10 Å². The lowest BCUT2D eigenvalue weighted by Crippen LogP contribution is -2.16. The van der Waals surface area contributed by atoms with Gasteiger partial charge in [-0.2, -0.15) is 0 Å². The Kier molecular flexibility index (Phi) is 3.43. The minimum Gasteiger partial charge on any atom is -0.384 e. The molecule has 0 saturated heterocycles. The van der Waals surface area contributed by atoms with E-state index in [1.165, 1.54) is 6.33 Å². The largest absolute Gasteiger partial charge is 0.384 e. The third-order valence-corrected chi connectivity index (χ3v) is 2.96. The number of nitrogens with zero attached hydrogens (tertiary/aromatic N) is 2. The van der Waals surface area contributed by atoms with Gasteiger partial charge in [0.2, 0.25) is 0 Å². The van der Waals surface area contributed by atoms with E-state index in [0.717, 1.165) is 11.1 Å². The molecule has 1 heterocycles. The maximum absolute atomic E-state index is 10.5. The Bertz CT molecular complexity index is 518. The molecule has 1 atom stereocenters. The normalized spacial score (nSPS) is 13.3. The van der Waals surface area contributed by atoms with Gasteiger partial charge < -0.3 is 5.11 Å². The summed E-state index contributed by atoms with van der Waals surface area (Å²) in [5.41, 5.74) is 2.77. The van der Waals surface area contributed by atoms with Crippen LogP contribution in [0.15, 0.2) is 43.0 Å². The van der Waals surface area contributed by atoms with E-state index in [1.54, 1.807) is 12.4 Å². The Labute approximate surface area is 108 Å². The molecule has 2 aromatic rings. The van der Waals surface area contributed by atoms with Crippen LogP contribution in [0.4, 0.5) is 0 Å². The van der Waals surface area contributed by atoms with Crippen molar-refractivity contribution in [1.82, 2.24) is 9.97 Å². The van der Waals surface area contributed by atoms with Gasteiger partial charge in [0.15, 0.2) is 0 Å². The maximum atomic E-state index is 10.5. The number of hydrogen-bond acceptors (Lipinski definition) is 3. The standard InChI is InChI=1S/C15H18N2O/c1-15(2,3)13-7-5-4-6-12(13)14(18)11-8-16-10-17-9-11/h4-10,14,18H,1-3H3. The van der Waals surface area contributed by atoms with E-state index in [9.17, 15) is 5.11 Å². The van der Waals surface area contributed by atoms with E-state index in [1.807, 2.05) is 18.2 Å². The average molecular weight is 242 g/mol. The zero-order valence-electron chi connectivity index (χ0n) is 11.0. The number of aromatic nitrogens is 2. The lowest BCUT2D eigenvalue weighted by Gasteiger charge is -2.25. The molecule has 18 heavy (non-hydrogen) atoms. The number of aliphatic hydroxyl groups excluding tert-OH is 1. The second kappa shape index (κ2) is 4.86. The summed E-state index contributed by atoms with van der Waals surface area (Å²) in [6.07, 6.45) is 4.08. The van der Waals surface area contributed by atoms with Gasteiger partial charge in [-0.05, 0) is 16.5 Å². The van der Waals surface area contributed by atoms with Crippen LogP contribution in [-0.4, -0.2) is 15.1 Å². The molecule has 3 nitrogen and oxygen atoms in total. The van der Waals surface area contributed by atoms with Crippen LogP contribution < -0.4 is 0 Å². The first-order chi connectivity index (χ1) is 8.50. The van der Waals surface area contributed by atoms with Gasteiger partial charge in [-0.3, -0.25) is 0 Å². The quantitative estimate of drug-likeness (QED) is 0.880. The first-order valence-electron chi connectivity index (χ1n) is 6.02. The Morgan fingerprint density at radius 2 is 1.67 bits per heavy atom. The van der Waals surface area contributed by atoms with Crippen molar-refractivity contribution in [3.05, 3.63) is 59.7 Å². The summed E-state index contributed by atoms with van der Waals surface area (Å²) in [6.45, 7) is 6.42. The number of hydrogen-bond donors (Lipinski definition) is 1. The Balaban J connectivity index is 2.46.